The number of hydrogen-bond donors (Lipinski definition) is 2. The Hall–Kier alpha value is -1.94. The van der Waals surface area contributed by atoms with E-state index in [9.17, 15) is 18.6 Å². The van der Waals surface area contributed by atoms with Crippen LogP contribution < -0.4 is 0 Å². The molecule has 0 radical (unpaired) electrons. The van der Waals surface area contributed by atoms with E-state index in [-0.39, 0.29) is 16.7 Å². The Morgan fingerprint density at radius 1 is 1.23 bits per heavy atom. The number of thiazole rings is 1. The van der Waals surface area contributed by atoms with Gasteiger partial charge in [-0.3, -0.25) is 4.40 Å². The lowest BCUT2D eigenvalue weighted by Crippen LogP contribution is -2.38. The molecule has 168 valence electrons. The summed E-state index contributed by atoms with van der Waals surface area (Å²) in [5, 5.41) is 20.8. The molecule has 9 heteroatoms. The highest BCUT2D eigenvalue weighted by Gasteiger charge is 2.32. The topological polar surface area (TPSA) is 95.1 Å². The Morgan fingerprint density at radius 2 is 1.90 bits per heavy atom. The largest absolute Gasteiger partial charge is 0.507 e. The summed E-state index contributed by atoms with van der Waals surface area (Å²) in [5.74, 6) is -0.257. The van der Waals surface area contributed by atoms with Gasteiger partial charge in [0.2, 0.25) is 10.0 Å². The summed E-state index contributed by atoms with van der Waals surface area (Å²) in [6.45, 7) is 5.31. The summed E-state index contributed by atoms with van der Waals surface area (Å²) in [6, 6.07) is 4.62. The van der Waals surface area contributed by atoms with Gasteiger partial charge in [-0.25, -0.2) is 13.4 Å². The van der Waals surface area contributed by atoms with Crippen molar-refractivity contribution in [3.8, 4) is 17.0 Å². The minimum Gasteiger partial charge on any atom is -0.507 e. The molecule has 31 heavy (non-hydrogen) atoms. The molecule has 3 aromatic rings. The van der Waals surface area contributed by atoms with Crippen LogP contribution in [0.3, 0.4) is 0 Å². The number of sulfonamides is 1. The van der Waals surface area contributed by atoms with Gasteiger partial charge in [0.1, 0.15) is 10.6 Å². The van der Waals surface area contributed by atoms with E-state index in [0.29, 0.717) is 5.56 Å². The van der Waals surface area contributed by atoms with Gasteiger partial charge in [0.25, 0.3) is 0 Å². The van der Waals surface area contributed by atoms with E-state index in [0.717, 1.165) is 53.3 Å². The molecule has 1 fully saturated rings. The summed E-state index contributed by atoms with van der Waals surface area (Å²) in [7, 11) is -2.25. The molecule has 7 nitrogen and oxygen atoms in total. The van der Waals surface area contributed by atoms with E-state index in [1.807, 2.05) is 17.5 Å². The van der Waals surface area contributed by atoms with Crippen molar-refractivity contribution in [1.82, 2.24) is 13.7 Å². The Morgan fingerprint density at radius 3 is 2.55 bits per heavy atom. The van der Waals surface area contributed by atoms with Crippen molar-refractivity contribution in [2.45, 2.75) is 69.4 Å². The zero-order chi connectivity index (χ0) is 22.6. The first kappa shape index (κ1) is 22.3. The lowest BCUT2D eigenvalue weighted by Gasteiger charge is -2.30. The zero-order valence-corrected chi connectivity index (χ0v) is 19.9. The van der Waals surface area contributed by atoms with Crippen LogP contribution in [-0.4, -0.2) is 45.4 Å². The van der Waals surface area contributed by atoms with Gasteiger partial charge in [-0.2, -0.15) is 4.31 Å². The van der Waals surface area contributed by atoms with Crippen molar-refractivity contribution in [1.29, 1.82) is 0 Å². The van der Waals surface area contributed by atoms with Crippen molar-refractivity contribution in [2.24, 2.45) is 0 Å². The van der Waals surface area contributed by atoms with Crippen molar-refractivity contribution in [3.63, 3.8) is 0 Å². The molecular formula is C22H29N3O4S2. The molecule has 1 aliphatic rings. The highest BCUT2D eigenvalue weighted by molar-refractivity contribution is 7.89. The van der Waals surface area contributed by atoms with Crippen LogP contribution in [0.4, 0.5) is 0 Å². The first-order valence-electron chi connectivity index (χ1n) is 10.5. The maximum Gasteiger partial charge on any atom is 0.246 e. The predicted octanol–water partition coefficient (Wildman–Crippen LogP) is 4.26. The molecule has 1 aliphatic carbocycles. The predicted molar refractivity (Wildman–Crippen MR) is 122 cm³/mol. The van der Waals surface area contributed by atoms with Crippen LogP contribution in [0.1, 0.15) is 56.5 Å². The van der Waals surface area contributed by atoms with Gasteiger partial charge in [0, 0.05) is 24.8 Å². The van der Waals surface area contributed by atoms with Gasteiger partial charge in [-0.1, -0.05) is 30.6 Å². The summed E-state index contributed by atoms with van der Waals surface area (Å²) in [5.41, 5.74) is 1.16. The van der Waals surface area contributed by atoms with E-state index in [1.165, 1.54) is 27.8 Å². The van der Waals surface area contributed by atoms with Crippen LogP contribution in [0, 0.1) is 6.92 Å². The number of hydrogen-bond acceptors (Lipinski definition) is 6. The van der Waals surface area contributed by atoms with Crippen LogP contribution in [0.2, 0.25) is 0 Å². The molecular weight excluding hydrogens is 434 g/mol. The highest BCUT2D eigenvalue weighted by atomic mass is 32.2. The average molecular weight is 464 g/mol. The van der Waals surface area contributed by atoms with Crippen LogP contribution in [0.5, 0.6) is 5.75 Å². The minimum atomic E-state index is -3.85. The summed E-state index contributed by atoms with van der Waals surface area (Å²) in [4.78, 5) is 5.99. The fourth-order valence-electron chi connectivity index (χ4n) is 4.25. The molecule has 2 heterocycles. The third-order valence-corrected chi connectivity index (χ3v) is 9.32. The van der Waals surface area contributed by atoms with Gasteiger partial charge in [-0.05, 0) is 51.8 Å². The lowest BCUT2D eigenvalue weighted by molar-refractivity contribution is 0.0822. The maximum atomic E-state index is 13.4. The highest BCUT2D eigenvalue weighted by Crippen LogP contribution is 2.37. The molecule has 0 unspecified atom stereocenters. The Labute approximate surface area is 187 Å². The van der Waals surface area contributed by atoms with Crippen LogP contribution in [0.25, 0.3) is 16.2 Å². The fraction of sp³-hybridized carbons (Fsp3) is 0.500. The fourth-order valence-corrected chi connectivity index (χ4v) is 6.80. The van der Waals surface area contributed by atoms with E-state index in [4.69, 9.17) is 0 Å². The summed E-state index contributed by atoms with van der Waals surface area (Å²) < 4.78 is 30.0. The van der Waals surface area contributed by atoms with E-state index >= 15 is 0 Å². The van der Waals surface area contributed by atoms with Crippen molar-refractivity contribution < 1.29 is 18.6 Å². The minimum absolute atomic E-state index is 0.0450. The molecule has 0 atom stereocenters. The molecule has 0 bridgehead atoms. The van der Waals surface area contributed by atoms with Crippen LogP contribution >= 0.6 is 11.3 Å². The standard InChI is InChI=1S/C22H29N3O4S2/c1-14-20(25-13-19(22(2,3)27)30-21(25)23-14)15-10-11-17(26)18(12-15)31(28,29)24(4)16-8-6-5-7-9-16/h10-13,16,26-27H,5-9H2,1-4H3. The third-order valence-electron chi connectivity index (χ3n) is 6.08. The number of phenolic OH excluding ortho intramolecular Hbond substituents is 1. The van der Waals surface area contributed by atoms with Crippen molar-refractivity contribution in [3.05, 3.63) is 35.0 Å². The number of aryl methyl sites for hydroxylation is 1. The van der Waals surface area contributed by atoms with Gasteiger partial charge in [0.05, 0.1) is 21.9 Å². The zero-order valence-electron chi connectivity index (χ0n) is 18.3. The number of benzene rings is 1. The number of aromatic nitrogens is 2. The normalized spacial score (nSPS) is 16.5. The molecule has 2 N–H and O–H groups in total. The van der Waals surface area contributed by atoms with Gasteiger partial charge >= 0.3 is 0 Å². The number of rotatable bonds is 5. The van der Waals surface area contributed by atoms with Crippen molar-refractivity contribution in [2.75, 3.05) is 7.05 Å². The quantitative estimate of drug-likeness (QED) is 0.590. The second-order valence-corrected chi connectivity index (χ2v) is 11.8. The third kappa shape index (κ3) is 4.00. The first-order chi connectivity index (χ1) is 14.5. The number of aliphatic hydroxyl groups is 1. The number of nitrogens with zero attached hydrogens (tertiary/aromatic N) is 3. The molecule has 1 aromatic carbocycles. The summed E-state index contributed by atoms with van der Waals surface area (Å²) >= 11 is 1.40. The van der Waals surface area contributed by atoms with E-state index in [1.54, 1.807) is 27.0 Å². The van der Waals surface area contributed by atoms with Gasteiger partial charge < -0.3 is 10.2 Å². The van der Waals surface area contributed by atoms with Crippen LogP contribution in [-0.2, 0) is 15.6 Å². The second kappa shape index (κ2) is 7.88. The smallest absolute Gasteiger partial charge is 0.246 e. The lowest BCUT2D eigenvalue weighted by atomic mass is 9.96. The molecule has 0 aliphatic heterocycles. The van der Waals surface area contributed by atoms with Gasteiger partial charge in [0.15, 0.2) is 4.96 Å². The molecule has 1 saturated carbocycles. The Kier molecular flexibility index (Phi) is 5.66. The molecule has 0 amide bonds. The number of aromatic hydroxyl groups is 1. The molecule has 2 aromatic heterocycles. The number of fused-ring (bicyclic) bond motifs is 1. The monoisotopic (exact) mass is 463 g/mol. The summed E-state index contributed by atoms with van der Waals surface area (Å²) in [6.07, 6.45) is 6.69. The number of imidazole rings is 1. The molecule has 4 rings (SSSR count). The Balaban J connectivity index is 1.80. The second-order valence-electron chi connectivity index (χ2n) is 8.85. The van der Waals surface area contributed by atoms with E-state index < -0.39 is 15.6 Å². The van der Waals surface area contributed by atoms with Crippen LogP contribution in [0.15, 0.2) is 29.3 Å². The SMILES string of the molecule is Cc1nc2sc(C(C)(C)O)cn2c1-c1ccc(O)c(S(=O)(=O)N(C)C2CCCCC2)c1. The number of phenols is 1. The van der Waals surface area contributed by atoms with E-state index in [2.05, 4.69) is 4.98 Å². The maximum absolute atomic E-state index is 13.4. The molecule has 0 spiro atoms. The molecule has 0 saturated heterocycles. The van der Waals surface area contributed by atoms with Gasteiger partial charge in [-0.15, -0.1) is 0 Å². The Bertz CT molecular complexity index is 1220. The van der Waals surface area contributed by atoms with Crippen molar-refractivity contribution >= 4 is 26.3 Å². The first-order valence-corrected chi connectivity index (χ1v) is 12.8. The average Bonchev–Trinajstić information content (AvgIpc) is 3.25.